The normalized spacial score (nSPS) is 31.9. The molecule has 13 heteroatoms. The Hall–Kier alpha value is -2.89. The van der Waals surface area contributed by atoms with E-state index in [0.717, 1.165) is 10.0 Å². The second-order valence-electron chi connectivity index (χ2n) is 8.45. The third kappa shape index (κ3) is 3.02. The Morgan fingerprint density at radius 1 is 1.27 bits per heavy atom. The Kier molecular flexibility index (Phi) is 4.86. The molecule has 0 unspecified atom stereocenters. The molecule has 2 aliphatic heterocycles. The van der Waals surface area contributed by atoms with Gasteiger partial charge in [0.1, 0.15) is 6.10 Å². The van der Waals surface area contributed by atoms with Crippen LogP contribution >= 0.6 is 11.6 Å². The van der Waals surface area contributed by atoms with E-state index in [2.05, 4.69) is 10.1 Å². The number of rotatable bonds is 4. The number of halogens is 4. The number of nitrogens with zero attached hydrogens (tertiary/aromatic N) is 4. The van der Waals surface area contributed by atoms with E-state index in [1.807, 2.05) is 0 Å². The summed E-state index contributed by atoms with van der Waals surface area (Å²) in [7, 11) is 1.34. The average Bonchev–Trinajstić information content (AvgIpc) is 3.47. The Balaban J connectivity index is 1.42. The molecule has 6 atom stereocenters. The van der Waals surface area contributed by atoms with Crippen LogP contribution in [0.1, 0.15) is 18.9 Å². The molecule has 1 aromatic heterocycles. The van der Waals surface area contributed by atoms with Gasteiger partial charge < -0.3 is 9.57 Å². The fourth-order valence-electron chi connectivity index (χ4n) is 5.70. The lowest BCUT2D eigenvalue weighted by Crippen LogP contribution is -2.46. The number of carbonyl (C=O) groups is 3. The first-order valence-corrected chi connectivity index (χ1v) is 10.7. The monoisotopic (exact) mass is 486 g/mol. The van der Waals surface area contributed by atoms with Crippen LogP contribution in [0, 0.1) is 29.6 Å². The smallest absolute Gasteiger partial charge is 0.417 e. The SMILES string of the molecule is CCOC(=O)C1=NO[C@@H]2[C@H]3C[C@H]([C@H]4C(=O)N(N(C)c5ncc(C(F)(F)F)cc5Cl)C(=O)[C@@H]34)[C@H]12. The fourth-order valence-corrected chi connectivity index (χ4v) is 5.98. The molecular weight excluding hydrogens is 469 g/mol. The molecule has 0 aromatic carbocycles. The number of hydrogen-bond acceptors (Lipinski definition) is 8. The second kappa shape index (κ2) is 7.31. The first-order chi connectivity index (χ1) is 15.6. The highest BCUT2D eigenvalue weighted by molar-refractivity contribution is 6.38. The number of ether oxygens (including phenoxy) is 1. The summed E-state index contributed by atoms with van der Waals surface area (Å²) >= 11 is 6.02. The molecular formula is C20H18ClF3N4O5. The van der Waals surface area contributed by atoms with Crippen LogP contribution in [0.4, 0.5) is 19.0 Å². The third-order valence-electron chi connectivity index (χ3n) is 6.91. The van der Waals surface area contributed by atoms with Gasteiger partial charge in [-0.1, -0.05) is 16.8 Å². The van der Waals surface area contributed by atoms with Crippen LogP contribution in [0.25, 0.3) is 0 Å². The van der Waals surface area contributed by atoms with Gasteiger partial charge in [-0.05, 0) is 25.3 Å². The number of hydrazine groups is 1. The van der Waals surface area contributed by atoms with Crippen molar-refractivity contribution in [2.24, 2.45) is 34.7 Å². The van der Waals surface area contributed by atoms with E-state index in [0.29, 0.717) is 18.7 Å². The number of aromatic nitrogens is 1. The number of hydrogen-bond donors (Lipinski definition) is 0. The molecule has 1 aromatic rings. The number of esters is 1. The molecule has 9 nitrogen and oxygen atoms in total. The molecule has 2 saturated carbocycles. The molecule has 176 valence electrons. The quantitative estimate of drug-likeness (QED) is 0.475. The molecule has 2 bridgehead atoms. The standard InChI is InChI=1S/C20H18ClF3N4O5/c1-3-32-19(31)14-13-8-5-9(15(13)33-26-14)12-11(8)17(29)28(18(12)30)27(2)16-10(21)4-7(6-25-16)20(22,23)24/h4,6,8-9,11-13,15H,3,5H2,1-2H3/t8-,9+,11-,12+,13-,15-/m1/s1. The molecule has 5 rings (SSSR count). The summed E-state index contributed by atoms with van der Waals surface area (Å²) in [5, 5.41) is 5.46. The summed E-state index contributed by atoms with van der Waals surface area (Å²) < 4.78 is 43.9. The number of carbonyl (C=O) groups excluding carboxylic acids is 3. The van der Waals surface area contributed by atoms with Crippen molar-refractivity contribution in [2.45, 2.75) is 25.6 Å². The van der Waals surface area contributed by atoms with Crippen molar-refractivity contribution in [1.29, 1.82) is 0 Å². The van der Waals surface area contributed by atoms with E-state index in [1.165, 1.54) is 7.05 Å². The molecule has 3 fully saturated rings. The first kappa shape index (κ1) is 21.9. The number of amides is 2. The van der Waals surface area contributed by atoms with Gasteiger partial charge >= 0.3 is 12.1 Å². The summed E-state index contributed by atoms with van der Waals surface area (Å²) in [5.74, 6) is -4.32. The predicted octanol–water partition coefficient (Wildman–Crippen LogP) is 2.29. The topological polar surface area (TPSA) is 101 Å². The van der Waals surface area contributed by atoms with Crippen LogP contribution in [0.15, 0.2) is 17.4 Å². The first-order valence-electron chi connectivity index (χ1n) is 10.3. The minimum Gasteiger partial charge on any atom is -0.461 e. The van der Waals surface area contributed by atoms with Gasteiger partial charge in [-0.2, -0.15) is 18.2 Å². The van der Waals surface area contributed by atoms with E-state index in [-0.39, 0.29) is 35.0 Å². The van der Waals surface area contributed by atoms with Crippen LogP contribution in [0.3, 0.4) is 0 Å². The van der Waals surface area contributed by atoms with Crippen molar-refractivity contribution in [1.82, 2.24) is 9.99 Å². The van der Waals surface area contributed by atoms with Gasteiger partial charge in [-0.15, -0.1) is 0 Å². The number of alkyl halides is 3. The maximum atomic E-state index is 13.3. The summed E-state index contributed by atoms with van der Waals surface area (Å²) in [5.41, 5.74) is -0.929. The Labute approximate surface area is 190 Å². The molecule has 2 amide bonds. The number of imide groups is 1. The van der Waals surface area contributed by atoms with Crippen LogP contribution in [0.5, 0.6) is 0 Å². The number of fused-ring (bicyclic) bond motifs is 8. The van der Waals surface area contributed by atoms with Crippen LogP contribution in [0.2, 0.25) is 5.02 Å². The van der Waals surface area contributed by atoms with Crippen molar-refractivity contribution in [2.75, 3.05) is 18.7 Å². The highest BCUT2D eigenvalue weighted by atomic mass is 35.5. The van der Waals surface area contributed by atoms with Gasteiger partial charge in [0.05, 0.1) is 34.9 Å². The largest absolute Gasteiger partial charge is 0.461 e. The lowest BCUT2D eigenvalue weighted by Gasteiger charge is -2.29. The lowest BCUT2D eigenvalue weighted by atomic mass is 9.72. The minimum absolute atomic E-state index is 0.118. The zero-order valence-corrected chi connectivity index (χ0v) is 18.1. The Morgan fingerprint density at radius 2 is 1.94 bits per heavy atom. The summed E-state index contributed by atoms with van der Waals surface area (Å²) in [6.07, 6.45) is -4.03. The Bertz CT molecular complexity index is 1100. The maximum Gasteiger partial charge on any atom is 0.417 e. The molecule has 2 aliphatic carbocycles. The third-order valence-corrected chi connectivity index (χ3v) is 7.19. The molecule has 4 aliphatic rings. The van der Waals surface area contributed by atoms with E-state index < -0.39 is 53.4 Å². The molecule has 0 radical (unpaired) electrons. The van der Waals surface area contributed by atoms with E-state index >= 15 is 0 Å². The predicted molar refractivity (Wildman–Crippen MR) is 106 cm³/mol. The zero-order valence-electron chi connectivity index (χ0n) is 17.4. The highest BCUT2D eigenvalue weighted by Gasteiger charge is 2.71. The van der Waals surface area contributed by atoms with Crippen molar-refractivity contribution >= 4 is 40.9 Å². The van der Waals surface area contributed by atoms with Gasteiger partial charge in [0, 0.05) is 19.2 Å². The van der Waals surface area contributed by atoms with E-state index in [1.54, 1.807) is 6.92 Å². The van der Waals surface area contributed by atoms with E-state index in [4.69, 9.17) is 21.2 Å². The maximum absolute atomic E-state index is 13.3. The lowest BCUT2D eigenvalue weighted by molar-refractivity contribution is -0.142. The van der Waals surface area contributed by atoms with Gasteiger partial charge in [0.15, 0.2) is 11.5 Å². The second-order valence-corrected chi connectivity index (χ2v) is 8.85. The molecule has 1 saturated heterocycles. The zero-order chi connectivity index (χ0) is 23.8. The van der Waals surface area contributed by atoms with Crippen LogP contribution < -0.4 is 5.01 Å². The van der Waals surface area contributed by atoms with Gasteiger partial charge in [0.2, 0.25) is 0 Å². The van der Waals surface area contributed by atoms with Crippen molar-refractivity contribution in [3.63, 3.8) is 0 Å². The number of anilines is 1. The van der Waals surface area contributed by atoms with Gasteiger partial charge in [-0.25, -0.2) is 9.78 Å². The van der Waals surface area contributed by atoms with Crippen molar-refractivity contribution in [3.05, 3.63) is 22.8 Å². The minimum atomic E-state index is -4.64. The Morgan fingerprint density at radius 3 is 2.55 bits per heavy atom. The summed E-state index contributed by atoms with van der Waals surface area (Å²) in [6.45, 7) is 1.82. The summed E-state index contributed by atoms with van der Waals surface area (Å²) in [4.78, 5) is 48.1. The van der Waals surface area contributed by atoms with Crippen LogP contribution in [-0.4, -0.2) is 53.2 Å². The molecule has 3 heterocycles. The number of oxime groups is 1. The van der Waals surface area contributed by atoms with Gasteiger partial charge in [-0.3, -0.25) is 14.6 Å². The van der Waals surface area contributed by atoms with Crippen molar-refractivity contribution in [3.8, 4) is 0 Å². The highest BCUT2D eigenvalue weighted by Crippen LogP contribution is 2.61. The molecule has 0 spiro atoms. The average molecular weight is 487 g/mol. The fraction of sp³-hybridized carbons (Fsp3) is 0.550. The van der Waals surface area contributed by atoms with Crippen molar-refractivity contribution < 1.29 is 37.1 Å². The number of pyridine rings is 1. The molecule has 33 heavy (non-hydrogen) atoms. The molecule has 0 N–H and O–H groups in total. The van der Waals surface area contributed by atoms with E-state index in [9.17, 15) is 27.6 Å². The van der Waals surface area contributed by atoms with Crippen LogP contribution in [-0.2, 0) is 30.1 Å². The van der Waals surface area contributed by atoms with Gasteiger partial charge in [0.25, 0.3) is 11.8 Å². The summed E-state index contributed by atoms with van der Waals surface area (Å²) in [6, 6.07) is 0.691.